The van der Waals surface area contributed by atoms with Gasteiger partial charge < -0.3 is 19.3 Å². The third kappa shape index (κ3) is 5.07. The van der Waals surface area contributed by atoms with Crippen molar-refractivity contribution in [2.75, 3.05) is 26.1 Å². The zero-order valence-corrected chi connectivity index (χ0v) is 18.8. The molecule has 6 nitrogen and oxygen atoms in total. The Kier molecular flexibility index (Phi) is 7.95. The van der Waals surface area contributed by atoms with Gasteiger partial charge in [0, 0.05) is 6.42 Å². The Morgan fingerprint density at radius 3 is 2.37 bits per heavy atom. The average molecular weight is 453 g/mol. The first-order chi connectivity index (χ1) is 14.4. The number of hydrogen-bond donors (Lipinski definition) is 1. The van der Waals surface area contributed by atoms with Crippen LogP contribution in [0, 0.1) is 6.92 Å². The fraction of sp³-hybridized carbons (Fsp3) is 0.455. The smallest absolute Gasteiger partial charge is 0.196 e. The molecule has 164 valence electrons. The van der Waals surface area contributed by atoms with Gasteiger partial charge >= 0.3 is 0 Å². The van der Waals surface area contributed by atoms with Crippen molar-refractivity contribution in [1.29, 1.82) is 0 Å². The van der Waals surface area contributed by atoms with Gasteiger partial charge in [0.05, 0.1) is 31.3 Å². The average Bonchev–Trinajstić information content (AvgIpc) is 3.26. The first kappa shape index (κ1) is 23.2. The van der Waals surface area contributed by atoms with E-state index in [2.05, 4.69) is 0 Å². The van der Waals surface area contributed by atoms with Crippen molar-refractivity contribution >= 4 is 21.6 Å². The maximum atomic E-state index is 13.7. The number of rotatable bonds is 10. The summed E-state index contributed by atoms with van der Waals surface area (Å²) in [4.78, 5) is 0.155. The molecule has 1 aliphatic rings. The van der Waals surface area contributed by atoms with E-state index in [0.717, 1.165) is 22.9 Å². The lowest BCUT2D eigenvalue weighted by Gasteiger charge is -2.37. The van der Waals surface area contributed by atoms with Gasteiger partial charge in [0.1, 0.15) is 6.10 Å². The molecule has 0 aromatic heterocycles. The van der Waals surface area contributed by atoms with Gasteiger partial charge in [-0.15, -0.1) is 11.8 Å². The van der Waals surface area contributed by atoms with E-state index in [1.807, 2.05) is 37.3 Å². The molecule has 0 amide bonds. The second-order valence-corrected chi connectivity index (χ2v) is 10.8. The number of hydrogen-bond acceptors (Lipinski definition) is 7. The van der Waals surface area contributed by atoms with Crippen LogP contribution in [0.2, 0.25) is 0 Å². The van der Waals surface area contributed by atoms with Crippen LogP contribution in [0.5, 0.6) is 0 Å². The molecule has 0 aliphatic carbocycles. The minimum atomic E-state index is -3.94. The molecular weight excluding hydrogens is 424 g/mol. The van der Waals surface area contributed by atoms with E-state index in [0.29, 0.717) is 13.2 Å². The van der Waals surface area contributed by atoms with Crippen LogP contribution in [0.3, 0.4) is 0 Å². The molecule has 0 radical (unpaired) electrons. The molecule has 2 aromatic carbocycles. The summed E-state index contributed by atoms with van der Waals surface area (Å²) >= 11 is 1.09. The standard InChI is InChI=1S/C22H28O6S2/c1-17-8-10-19(11-9-17)30(24,25)22(29-2,14-21-27-12-13-28-21)20(23)16-26-15-18-6-4-3-5-7-18/h3-11,20-21,23H,12-16H2,1-2H3. The summed E-state index contributed by atoms with van der Waals surface area (Å²) in [5.41, 5.74) is 1.90. The number of thioether (sulfide) groups is 1. The van der Waals surface area contributed by atoms with E-state index in [-0.39, 0.29) is 24.5 Å². The van der Waals surface area contributed by atoms with Crippen LogP contribution >= 0.6 is 11.8 Å². The van der Waals surface area contributed by atoms with Crippen molar-refractivity contribution in [3.8, 4) is 0 Å². The van der Waals surface area contributed by atoms with E-state index in [1.54, 1.807) is 30.5 Å². The van der Waals surface area contributed by atoms with Crippen LogP contribution < -0.4 is 0 Å². The second kappa shape index (κ2) is 10.3. The van der Waals surface area contributed by atoms with E-state index >= 15 is 0 Å². The number of ether oxygens (including phenoxy) is 3. The number of benzene rings is 2. The fourth-order valence-corrected chi connectivity index (χ4v) is 6.90. The molecule has 8 heteroatoms. The Labute approximate surface area is 182 Å². The summed E-state index contributed by atoms with van der Waals surface area (Å²) in [5.74, 6) is 0. The van der Waals surface area contributed by atoms with E-state index in [9.17, 15) is 13.5 Å². The van der Waals surface area contributed by atoms with Crippen LogP contribution in [0.1, 0.15) is 17.5 Å². The molecule has 30 heavy (non-hydrogen) atoms. The molecular formula is C22H28O6S2. The molecule has 3 rings (SSSR count). The predicted octanol–water partition coefficient (Wildman–Crippen LogP) is 3.17. The Morgan fingerprint density at radius 2 is 1.77 bits per heavy atom. The van der Waals surface area contributed by atoms with Gasteiger partial charge in [-0.3, -0.25) is 0 Å². The quantitative estimate of drug-likeness (QED) is 0.593. The van der Waals surface area contributed by atoms with Crippen molar-refractivity contribution in [1.82, 2.24) is 0 Å². The molecule has 0 bridgehead atoms. The summed E-state index contributed by atoms with van der Waals surface area (Å²) < 4.78 is 42.6. The lowest BCUT2D eigenvalue weighted by molar-refractivity contribution is -0.0620. The fourth-order valence-electron chi connectivity index (χ4n) is 3.42. The number of sulfone groups is 1. The minimum Gasteiger partial charge on any atom is -0.388 e. The highest BCUT2D eigenvalue weighted by Crippen LogP contribution is 2.43. The van der Waals surface area contributed by atoms with Crippen LogP contribution in [0.25, 0.3) is 0 Å². The Hall–Kier alpha value is -1.42. The van der Waals surface area contributed by atoms with E-state index < -0.39 is 26.3 Å². The number of aryl methyl sites for hydroxylation is 1. The number of aliphatic hydroxyl groups excluding tert-OH is 1. The van der Waals surface area contributed by atoms with Gasteiger partial charge in [-0.05, 0) is 30.9 Å². The molecule has 1 N–H and O–H groups in total. The van der Waals surface area contributed by atoms with Crippen LogP contribution in [-0.4, -0.2) is 56.1 Å². The maximum Gasteiger partial charge on any atom is 0.196 e. The van der Waals surface area contributed by atoms with E-state index in [1.165, 1.54) is 0 Å². The largest absolute Gasteiger partial charge is 0.388 e. The molecule has 2 atom stereocenters. The summed E-state index contributed by atoms with van der Waals surface area (Å²) in [5, 5.41) is 11.1. The van der Waals surface area contributed by atoms with Gasteiger partial charge in [0.15, 0.2) is 20.2 Å². The van der Waals surface area contributed by atoms with Gasteiger partial charge in [0.25, 0.3) is 0 Å². The minimum absolute atomic E-state index is 0.000238. The predicted molar refractivity (Wildman–Crippen MR) is 117 cm³/mol. The van der Waals surface area contributed by atoms with Crippen molar-refractivity contribution < 1.29 is 27.7 Å². The number of aliphatic hydroxyl groups is 1. The van der Waals surface area contributed by atoms with Crippen molar-refractivity contribution in [3.63, 3.8) is 0 Å². The molecule has 1 fully saturated rings. The molecule has 0 spiro atoms. The van der Waals surface area contributed by atoms with E-state index in [4.69, 9.17) is 14.2 Å². The van der Waals surface area contributed by atoms with Crippen LogP contribution in [0.4, 0.5) is 0 Å². The highest BCUT2D eigenvalue weighted by molar-refractivity contribution is 8.14. The second-order valence-electron chi connectivity index (χ2n) is 7.22. The first-order valence-corrected chi connectivity index (χ1v) is 12.5. The zero-order chi connectivity index (χ0) is 21.6. The van der Waals surface area contributed by atoms with Gasteiger partial charge in [-0.25, -0.2) is 8.42 Å². The normalized spacial score (nSPS) is 18.2. The Balaban J connectivity index is 1.86. The summed E-state index contributed by atoms with van der Waals surface area (Å²) in [7, 11) is -3.94. The highest BCUT2D eigenvalue weighted by Gasteiger charge is 2.52. The molecule has 0 saturated carbocycles. The third-order valence-electron chi connectivity index (χ3n) is 5.17. The third-order valence-corrected chi connectivity index (χ3v) is 9.70. The topological polar surface area (TPSA) is 82.1 Å². The van der Waals surface area contributed by atoms with Crippen molar-refractivity contribution in [2.24, 2.45) is 0 Å². The molecule has 1 aliphatic heterocycles. The molecule has 1 heterocycles. The zero-order valence-electron chi connectivity index (χ0n) is 17.2. The summed E-state index contributed by atoms with van der Waals surface area (Å²) in [6.07, 6.45) is -0.293. The molecule has 2 aromatic rings. The monoisotopic (exact) mass is 452 g/mol. The van der Waals surface area contributed by atoms with Crippen LogP contribution in [0.15, 0.2) is 59.5 Å². The highest BCUT2D eigenvalue weighted by atomic mass is 32.3. The lowest BCUT2D eigenvalue weighted by atomic mass is 10.2. The van der Waals surface area contributed by atoms with Crippen molar-refractivity contribution in [2.45, 2.75) is 41.3 Å². The lowest BCUT2D eigenvalue weighted by Crippen LogP contribution is -2.50. The Bertz CT molecular complexity index is 895. The summed E-state index contributed by atoms with van der Waals surface area (Å²) in [6.45, 7) is 2.85. The summed E-state index contributed by atoms with van der Waals surface area (Å²) in [6, 6.07) is 16.2. The SMILES string of the molecule is CSC(CC1OCCO1)(C(O)COCc1ccccc1)S(=O)(=O)c1ccc(C)cc1. The van der Waals surface area contributed by atoms with Gasteiger partial charge in [-0.1, -0.05) is 48.0 Å². The van der Waals surface area contributed by atoms with Crippen molar-refractivity contribution in [3.05, 3.63) is 65.7 Å². The Morgan fingerprint density at radius 1 is 1.13 bits per heavy atom. The molecule has 1 saturated heterocycles. The molecule has 2 unspecified atom stereocenters. The maximum absolute atomic E-state index is 13.7. The first-order valence-electron chi connectivity index (χ1n) is 9.78. The van der Waals surface area contributed by atoms with Gasteiger partial charge in [-0.2, -0.15) is 0 Å². The van der Waals surface area contributed by atoms with Gasteiger partial charge in [0.2, 0.25) is 0 Å². The van der Waals surface area contributed by atoms with Crippen LogP contribution in [-0.2, 0) is 30.7 Å².